The van der Waals surface area contributed by atoms with Crippen LogP contribution in [-0.2, 0) is 9.59 Å². The molecule has 0 spiro atoms. The summed E-state index contributed by atoms with van der Waals surface area (Å²) in [6, 6.07) is 3.23. The van der Waals surface area contributed by atoms with E-state index in [-0.39, 0.29) is 11.6 Å². The van der Waals surface area contributed by atoms with Crippen LogP contribution in [0.4, 0.5) is 5.69 Å². The summed E-state index contributed by atoms with van der Waals surface area (Å²) in [5, 5.41) is 11.6. The van der Waals surface area contributed by atoms with Crippen molar-refractivity contribution in [1.82, 2.24) is 4.98 Å². The van der Waals surface area contributed by atoms with E-state index in [1.807, 2.05) is 0 Å². The molecule has 0 fully saturated rings. The number of hydrogen-bond donors (Lipinski definition) is 2. The predicted molar refractivity (Wildman–Crippen MR) is 63.9 cm³/mol. The fourth-order valence-corrected chi connectivity index (χ4v) is 1.32. The molecule has 0 unspecified atom stereocenters. The van der Waals surface area contributed by atoms with E-state index in [4.69, 9.17) is 16.7 Å². The Morgan fingerprint density at radius 2 is 2.18 bits per heavy atom. The van der Waals surface area contributed by atoms with Gasteiger partial charge >= 0.3 is 5.97 Å². The average Bonchev–Trinajstić information content (AvgIpc) is 2.20. The summed E-state index contributed by atoms with van der Waals surface area (Å²) in [5.74, 6) is -1.43. The van der Waals surface area contributed by atoms with Crippen molar-refractivity contribution in [2.75, 3.05) is 5.32 Å². The SMILES string of the molecule is CC(C)(CC(=O)Nc1cccnc1Cl)C(=O)O. The fraction of sp³-hybridized carbons (Fsp3) is 0.364. The number of pyridine rings is 1. The lowest BCUT2D eigenvalue weighted by molar-refractivity contribution is -0.148. The molecule has 0 saturated heterocycles. The van der Waals surface area contributed by atoms with Crippen molar-refractivity contribution in [3.05, 3.63) is 23.5 Å². The molecule has 92 valence electrons. The van der Waals surface area contributed by atoms with E-state index in [2.05, 4.69) is 10.3 Å². The van der Waals surface area contributed by atoms with Crippen LogP contribution >= 0.6 is 11.6 Å². The van der Waals surface area contributed by atoms with E-state index in [0.717, 1.165) is 0 Å². The lowest BCUT2D eigenvalue weighted by Crippen LogP contribution is -2.29. The van der Waals surface area contributed by atoms with Crippen molar-refractivity contribution in [2.24, 2.45) is 5.41 Å². The maximum atomic E-state index is 11.6. The number of nitrogens with zero attached hydrogens (tertiary/aromatic N) is 1. The quantitative estimate of drug-likeness (QED) is 0.809. The molecule has 6 heteroatoms. The molecule has 0 aliphatic rings. The standard InChI is InChI=1S/C11H13ClN2O3/c1-11(2,10(16)17)6-8(15)14-7-4-3-5-13-9(7)12/h3-5H,6H2,1-2H3,(H,14,15)(H,16,17). The van der Waals surface area contributed by atoms with E-state index in [1.165, 1.54) is 20.0 Å². The third-order valence-corrected chi connectivity index (χ3v) is 2.52. The van der Waals surface area contributed by atoms with Gasteiger partial charge in [-0.25, -0.2) is 4.98 Å². The minimum Gasteiger partial charge on any atom is -0.481 e. The molecule has 2 N–H and O–H groups in total. The van der Waals surface area contributed by atoms with Gasteiger partial charge in [0.2, 0.25) is 5.91 Å². The van der Waals surface area contributed by atoms with Crippen LogP contribution < -0.4 is 5.32 Å². The number of carboxylic acids is 1. The highest BCUT2D eigenvalue weighted by Crippen LogP contribution is 2.23. The van der Waals surface area contributed by atoms with E-state index in [0.29, 0.717) is 5.69 Å². The molecule has 1 rings (SSSR count). The molecule has 0 bridgehead atoms. The topological polar surface area (TPSA) is 79.3 Å². The number of aliphatic carboxylic acids is 1. The molecule has 0 radical (unpaired) electrons. The number of anilines is 1. The number of carboxylic acid groups (broad SMARTS) is 1. The Hall–Kier alpha value is -1.62. The Morgan fingerprint density at radius 1 is 1.53 bits per heavy atom. The largest absolute Gasteiger partial charge is 0.481 e. The van der Waals surface area contributed by atoms with Crippen molar-refractivity contribution < 1.29 is 14.7 Å². The number of carbonyl (C=O) groups is 2. The lowest BCUT2D eigenvalue weighted by atomic mass is 9.89. The highest BCUT2D eigenvalue weighted by atomic mass is 35.5. The summed E-state index contributed by atoms with van der Waals surface area (Å²) in [6.45, 7) is 2.97. The molecule has 5 nitrogen and oxygen atoms in total. The van der Waals surface area contributed by atoms with Gasteiger partial charge in [-0.15, -0.1) is 0 Å². The van der Waals surface area contributed by atoms with Crippen LogP contribution in [0.5, 0.6) is 0 Å². The highest BCUT2D eigenvalue weighted by Gasteiger charge is 2.30. The zero-order valence-electron chi connectivity index (χ0n) is 9.53. The Balaban J connectivity index is 2.69. The summed E-state index contributed by atoms with van der Waals surface area (Å²) in [5.41, 5.74) is -0.737. The van der Waals surface area contributed by atoms with Gasteiger partial charge in [0.05, 0.1) is 11.1 Å². The Morgan fingerprint density at radius 3 is 2.71 bits per heavy atom. The van der Waals surface area contributed by atoms with Crippen LogP contribution in [-0.4, -0.2) is 22.0 Å². The Kier molecular flexibility index (Phi) is 4.07. The maximum Gasteiger partial charge on any atom is 0.309 e. The van der Waals surface area contributed by atoms with Gasteiger partial charge in [0.25, 0.3) is 0 Å². The van der Waals surface area contributed by atoms with E-state index in [1.54, 1.807) is 12.1 Å². The van der Waals surface area contributed by atoms with Crippen LogP contribution in [0.2, 0.25) is 5.15 Å². The first-order valence-electron chi connectivity index (χ1n) is 4.97. The summed E-state index contributed by atoms with van der Waals surface area (Å²) in [4.78, 5) is 26.3. The number of hydrogen-bond acceptors (Lipinski definition) is 3. The summed E-state index contributed by atoms with van der Waals surface area (Å²) < 4.78 is 0. The first-order valence-corrected chi connectivity index (χ1v) is 5.34. The zero-order valence-corrected chi connectivity index (χ0v) is 10.3. The summed E-state index contributed by atoms with van der Waals surface area (Å²) in [7, 11) is 0. The van der Waals surface area contributed by atoms with Crippen molar-refractivity contribution in [2.45, 2.75) is 20.3 Å². The molecule has 17 heavy (non-hydrogen) atoms. The first-order chi connectivity index (χ1) is 7.83. The van der Waals surface area contributed by atoms with Crippen LogP contribution in [0.25, 0.3) is 0 Å². The minimum absolute atomic E-state index is 0.131. The molecule has 1 amide bonds. The Bertz CT molecular complexity index is 446. The van der Waals surface area contributed by atoms with Gasteiger partial charge in [0, 0.05) is 12.6 Å². The van der Waals surface area contributed by atoms with Gasteiger partial charge in [0.1, 0.15) is 0 Å². The predicted octanol–water partition coefficient (Wildman–Crippen LogP) is 2.17. The van der Waals surface area contributed by atoms with Gasteiger partial charge in [-0.2, -0.15) is 0 Å². The number of halogens is 1. The zero-order chi connectivity index (χ0) is 13.1. The minimum atomic E-state index is -1.11. The van der Waals surface area contributed by atoms with Crippen molar-refractivity contribution in [3.63, 3.8) is 0 Å². The molecule has 0 saturated carbocycles. The van der Waals surface area contributed by atoms with Gasteiger partial charge in [-0.3, -0.25) is 9.59 Å². The lowest BCUT2D eigenvalue weighted by Gasteiger charge is -2.18. The molecule has 1 aromatic rings. The number of rotatable bonds is 4. The average molecular weight is 257 g/mol. The third-order valence-electron chi connectivity index (χ3n) is 2.21. The van der Waals surface area contributed by atoms with Crippen LogP contribution in [0, 0.1) is 5.41 Å². The second kappa shape index (κ2) is 5.14. The summed E-state index contributed by atoms with van der Waals surface area (Å²) in [6.07, 6.45) is 1.37. The molecule has 0 aliphatic carbocycles. The van der Waals surface area contributed by atoms with E-state index in [9.17, 15) is 9.59 Å². The Labute approximate surface area is 104 Å². The van der Waals surface area contributed by atoms with Gasteiger partial charge in [-0.1, -0.05) is 11.6 Å². The smallest absolute Gasteiger partial charge is 0.309 e. The van der Waals surface area contributed by atoms with Crippen molar-refractivity contribution in [1.29, 1.82) is 0 Å². The molecule has 1 aromatic heterocycles. The monoisotopic (exact) mass is 256 g/mol. The van der Waals surface area contributed by atoms with Crippen LogP contribution in [0.1, 0.15) is 20.3 Å². The molecular weight excluding hydrogens is 244 g/mol. The highest BCUT2D eigenvalue weighted by molar-refractivity contribution is 6.32. The van der Waals surface area contributed by atoms with Gasteiger partial charge in [0.15, 0.2) is 5.15 Å². The van der Waals surface area contributed by atoms with Crippen LogP contribution in [0.15, 0.2) is 18.3 Å². The molecule has 0 aliphatic heterocycles. The number of nitrogens with one attached hydrogen (secondary N) is 1. The van der Waals surface area contributed by atoms with Gasteiger partial charge in [-0.05, 0) is 26.0 Å². The molecule has 0 aromatic carbocycles. The number of aromatic nitrogens is 1. The third kappa shape index (κ3) is 3.71. The van der Waals surface area contributed by atoms with E-state index >= 15 is 0 Å². The molecule has 0 atom stereocenters. The molecular formula is C11H13ClN2O3. The molecule has 1 heterocycles. The van der Waals surface area contributed by atoms with Crippen LogP contribution in [0.3, 0.4) is 0 Å². The second-order valence-electron chi connectivity index (χ2n) is 4.26. The maximum absolute atomic E-state index is 11.6. The van der Waals surface area contributed by atoms with Crippen molar-refractivity contribution in [3.8, 4) is 0 Å². The first kappa shape index (κ1) is 13.4. The number of carbonyl (C=O) groups excluding carboxylic acids is 1. The summed E-state index contributed by atoms with van der Waals surface area (Å²) >= 11 is 5.76. The van der Waals surface area contributed by atoms with E-state index < -0.39 is 17.3 Å². The second-order valence-corrected chi connectivity index (χ2v) is 4.61. The van der Waals surface area contributed by atoms with Crippen molar-refractivity contribution >= 4 is 29.2 Å². The van der Waals surface area contributed by atoms with Gasteiger partial charge < -0.3 is 10.4 Å². The number of amides is 1. The normalized spacial score (nSPS) is 11.0. The fourth-order valence-electron chi connectivity index (χ4n) is 1.15.